The van der Waals surface area contributed by atoms with Crippen LogP contribution in [0.4, 0.5) is 4.39 Å². The van der Waals surface area contributed by atoms with Gasteiger partial charge in [0.15, 0.2) is 0 Å². The Balaban J connectivity index is 1.37. The number of benzene rings is 7. The molecule has 0 unspecified atom stereocenters. The minimum Gasteiger partial charge on any atom is -0.507 e. The van der Waals surface area contributed by atoms with Crippen LogP contribution in [0.25, 0.3) is 83.9 Å². The first-order valence-electron chi connectivity index (χ1n) is 22.5. The van der Waals surface area contributed by atoms with Crippen molar-refractivity contribution in [2.45, 2.75) is 78.6 Å². The smallest absolute Gasteiger partial charge is 0.149 e. The van der Waals surface area contributed by atoms with Gasteiger partial charge in [-0.05, 0) is 127 Å². The molecule has 7 aromatic carbocycles. The Hall–Kier alpha value is -7.11. The summed E-state index contributed by atoms with van der Waals surface area (Å²) in [6, 6.07) is 55.5. The fourth-order valence-corrected chi connectivity index (χ4v) is 8.75. The van der Waals surface area contributed by atoms with E-state index in [-0.39, 0.29) is 27.8 Å². The molecule has 4 nitrogen and oxygen atoms in total. The van der Waals surface area contributed by atoms with Gasteiger partial charge in [0, 0.05) is 28.5 Å². The second kappa shape index (κ2) is 16.5. The predicted molar refractivity (Wildman–Crippen MR) is 269 cm³/mol. The lowest BCUT2D eigenvalue weighted by atomic mass is 9.79. The predicted octanol–water partition coefficient (Wildman–Crippen LogP) is 16.2. The molecule has 2 aromatic heterocycles. The molecule has 0 spiro atoms. The SMILES string of the molecule is CC(C)(C)c1ccc(-n2c(-c3cc(C(C)(C)C)cc(C(C)(C)C)c3O)nc3c(-c4cc(-c5ccc(F)cc5)cc(-c5cc(-c6ccccc6)ccn5)c4)cccc32)c(-c2ccccc2)c1. The van der Waals surface area contributed by atoms with Gasteiger partial charge in [-0.2, -0.15) is 0 Å². The summed E-state index contributed by atoms with van der Waals surface area (Å²) >= 11 is 0. The number of imidazole rings is 1. The number of fused-ring (bicyclic) bond motifs is 1. The number of para-hydroxylation sites is 1. The molecule has 0 amide bonds. The second-order valence-electron chi connectivity index (χ2n) is 20.3. The zero-order chi connectivity index (χ0) is 45.8. The van der Waals surface area contributed by atoms with Crippen molar-refractivity contribution in [3.8, 4) is 78.6 Å². The van der Waals surface area contributed by atoms with Crippen LogP contribution in [-0.4, -0.2) is 19.6 Å². The maximum atomic E-state index is 14.4. The van der Waals surface area contributed by atoms with Crippen molar-refractivity contribution in [1.29, 1.82) is 0 Å². The summed E-state index contributed by atoms with van der Waals surface area (Å²) < 4.78 is 16.6. The van der Waals surface area contributed by atoms with E-state index < -0.39 is 0 Å². The fourth-order valence-electron chi connectivity index (χ4n) is 8.75. The van der Waals surface area contributed by atoms with E-state index in [1.165, 1.54) is 17.7 Å². The highest BCUT2D eigenvalue weighted by molar-refractivity contribution is 5.98. The van der Waals surface area contributed by atoms with E-state index in [0.717, 1.165) is 83.6 Å². The Morgan fingerprint density at radius 3 is 1.74 bits per heavy atom. The molecule has 5 heteroatoms. The average molecular weight is 854 g/mol. The maximum absolute atomic E-state index is 14.4. The Bertz CT molecular complexity index is 3200. The van der Waals surface area contributed by atoms with E-state index in [9.17, 15) is 9.50 Å². The molecule has 324 valence electrons. The average Bonchev–Trinajstić information content (AvgIpc) is 3.68. The topological polar surface area (TPSA) is 50.9 Å². The van der Waals surface area contributed by atoms with Crippen LogP contribution < -0.4 is 0 Å². The number of aromatic hydroxyl groups is 1. The highest BCUT2D eigenvalue weighted by Crippen LogP contribution is 2.46. The quantitative estimate of drug-likeness (QED) is 0.174. The van der Waals surface area contributed by atoms with Crippen molar-refractivity contribution in [2.24, 2.45) is 0 Å². The van der Waals surface area contributed by atoms with Gasteiger partial charge < -0.3 is 5.11 Å². The summed E-state index contributed by atoms with van der Waals surface area (Å²) in [4.78, 5) is 10.6. The van der Waals surface area contributed by atoms with Gasteiger partial charge in [0.2, 0.25) is 0 Å². The number of phenolic OH excluding ortho intramolecular Hbond substituents is 1. The number of rotatable bonds is 7. The minimum atomic E-state index is -0.352. The van der Waals surface area contributed by atoms with Crippen LogP contribution in [0.2, 0.25) is 0 Å². The van der Waals surface area contributed by atoms with Gasteiger partial charge in [0.1, 0.15) is 17.4 Å². The fraction of sp³-hybridized carbons (Fsp3) is 0.200. The zero-order valence-corrected chi connectivity index (χ0v) is 38.8. The van der Waals surface area contributed by atoms with E-state index in [4.69, 9.17) is 9.97 Å². The first kappa shape index (κ1) is 43.2. The number of halogens is 1. The highest BCUT2D eigenvalue weighted by Gasteiger charge is 2.30. The summed E-state index contributed by atoms with van der Waals surface area (Å²) in [5.41, 5.74) is 15.6. The normalized spacial score (nSPS) is 12.2. The lowest BCUT2D eigenvalue weighted by molar-refractivity contribution is 0.446. The number of phenols is 1. The molecule has 1 N–H and O–H groups in total. The molecule has 0 fully saturated rings. The van der Waals surface area contributed by atoms with E-state index in [1.807, 2.05) is 48.7 Å². The molecule has 65 heavy (non-hydrogen) atoms. The lowest BCUT2D eigenvalue weighted by Gasteiger charge is -2.28. The zero-order valence-electron chi connectivity index (χ0n) is 38.8. The third kappa shape index (κ3) is 8.51. The summed E-state index contributed by atoms with van der Waals surface area (Å²) in [7, 11) is 0. The van der Waals surface area contributed by atoms with Gasteiger partial charge in [-0.25, -0.2) is 9.37 Å². The summed E-state index contributed by atoms with van der Waals surface area (Å²) in [5, 5.41) is 12.6. The van der Waals surface area contributed by atoms with Gasteiger partial charge in [0.05, 0.1) is 28.0 Å². The Kier molecular flexibility index (Phi) is 10.9. The van der Waals surface area contributed by atoms with Gasteiger partial charge in [-0.3, -0.25) is 9.55 Å². The van der Waals surface area contributed by atoms with Crippen LogP contribution in [0.1, 0.15) is 79.0 Å². The van der Waals surface area contributed by atoms with Crippen molar-refractivity contribution < 1.29 is 9.50 Å². The molecule has 9 aromatic rings. The molecular weight excluding hydrogens is 798 g/mol. The molecule has 0 bridgehead atoms. The van der Waals surface area contributed by atoms with Crippen LogP contribution in [0, 0.1) is 5.82 Å². The van der Waals surface area contributed by atoms with E-state index in [1.54, 1.807) is 0 Å². The molecule has 0 aliphatic heterocycles. The molecule has 0 saturated carbocycles. The first-order valence-corrected chi connectivity index (χ1v) is 22.5. The second-order valence-corrected chi connectivity index (χ2v) is 20.3. The van der Waals surface area contributed by atoms with Crippen LogP contribution in [0.3, 0.4) is 0 Å². The Morgan fingerprint density at radius 1 is 0.462 bits per heavy atom. The standard InChI is InChI=1S/C60H56FN3O/c1-58(2,3)45-25-28-53(49(35-45)40-19-14-11-15-20-40)64-54-22-16-21-48(55(54)63-57(64)50-36-46(59(4,5)6)37-51(56(50)65)60(7,8)9)43-31-42(39-23-26-47(61)27-24-39)32-44(33-43)52-34-41(29-30-62-52)38-17-12-10-13-18-38/h10-37,65H,1-9H3. The number of pyridine rings is 1. The molecule has 0 radical (unpaired) electrons. The van der Waals surface area contributed by atoms with Crippen molar-refractivity contribution in [3.05, 3.63) is 192 Å². The maximum Gasteiger partial charge on any atom is 0.149 e. The van der Waals surface area contributed by atoms with Gasteiger partial charge in [-0.1, -0.05) is 159 Å². The third-order valence-electron chi connectivity index (χ3n) is 12.5. The summed E-state index contributed by atoms with van der Waals surface area (Å²) in [5.74, 6) is 0.583. The van der Waals surface area contributed by atoms with Crippen molar-refractivity contribution in [2.75, 3.05) is 0 Å². The van der Waals surface area contributed by atoms with E-state index >= 15 is 0 Å². The molecule has 0 atom stereocenters. The number of hydrogen-bond acceptors (Lipinski definition) is 3. The van der Waals surface area contributed by atoms with Gasteiger partial charge in [-0.15, -0.1) is 0 Å². The van der Waals surface area contributed by atoms with E-state index in [0.29, 0.717) is 11.4 Å². The van der Waals surface area contributed by atoms with Crippen molar-refractivity contribution in [3.63, 3.8) is 0 Å². The highest BCUT2D eigenvalue weighted by atomic mass is 19.1. The van der Waals surface area contributed by atoms with Gasteiger partial charge in [0.25, 0.3) is 0 Å². The molecule has 9 rings (SSSR count). The van der Waals surface area contributed by atoms with Crippen molar-refractivity contribution >= 4 is 11.0 Å². The summed E-state index contributed by atoms with van der Waals surface area (Å²) in [6.45, 7) is 19.8. The number of aromatic nitrogens is 3. The molecule has 0 saturated heterocycles. The minimum absolute atomic E-state index is 0.0985. The lowest BCUT2D eigenvalue weighted by Crippen LogP contribution is -2.17. The Morgan fingerprint density at radius 2 is 1.08 bits per heavy atom. The molecule has 2 heterocycles. The first-order chi connectivity index (χ1) is 30.9. The van der Waals surface area contributed by atoms with Crippen LogP contribution in [-0.2, 0) is 16.2 Å². The van der Waals surface area contributed by atoms with Crippen LogP contribution in [0.5, 0.6) is 5.75 Å². The monoisotopic (exact) mass is 853 g/mol. The van der Waals surface area contributed by atoms with Gasteiger partial charge >= 0.3 is 0 Å². The van der Waals surface area contributed by atoms with E-state index in [2.05, 4.69) is 176 Å². The molecular formula is C60H56FN3O. The molecule has 0 aliphatic carbocycles. The van der Waals surface area contributed by atoms with Crippen LogP contribution in [0.15, 0.2) is 170 Å². The Labute approximate surface area is 383 Å². The largest absolute Gasteiger partial charge is 0.507 e. The van der Waals surface area contributed by atoms with Crippen molar-refractivity contribution in [1.82, 2.24) is 14.5 Å². The third-order valence-corrected chi connectivity index (χ3v) is 12.5. The number of nitrogens with zero attached hydrogens (tertiary/aromatic N) is 3. The summed E-state index contributed by atoms with van der Waals surface area (Å²) in [6.07, 6.45) is 1.86. The molecule has 0 aliphatic rings. The number of hydrogen-bond donors (Lipinski definition) is 1. The van der Waals surface area contributed by atoms with Crippen LogP contribution >= 0.6 is 0 Å².